The van der Waals surface area contributed by atoms with Gasteiger partial charge < -0.3 is 5.32 Å². The molecule has 2 aromatic heterocycles. The van der Waals surface area contributed by atoms with Gasteiger partial charge in [-0.3, -0.25) is 4.68 Å². The molecule has 0 aliphatic carbocycles. The number of nitrogens with zero attached hydrogens (tertiary/aromatic N) is 2. The molecule has 2 aromatic rings. The lowest BCUT2D eigenvalue weighted by molar-refractivity contribution is 0.513. The highest BCUT2D eigenvalue weighted by molar-refractivity contribution is 7.10. The second kappa shape index (κ2) is 6.36. The Kier molecular flexibility index (Phi) is 4.80. The van der Waals surface area contributed by atoms with E-state index in [2.05, 4.69) is 23.4 Å². The van der Waals surface area contributed by atoms with E-state index in [9.17, 15) is 0 Å². The number of hydrogen-bond acceptors (Lipinski definition) is 3. The SMILES string of the molecule is CCNC(CCc1ccnn1C)c1sccc1Cl. The molecule has 0 saturated heterocycles. The number of aromatic nitrogens is 2. The Labute approximate surface area is 117 Å². The van der Waals surface area contributed by atoms with E-state index in [1.807, 2.05) is 29.4 Å². The second-order valence-electron chi connectivity index (χ2n) is 4.23. The summed E-state index contributed by atoms with van der Waals surface area (Å²) < 4.78 is 1.93. The molecule has 0 bridgehead atoms. The predicted molar refractivity (Wildman–Crippen MR) is 77.3 cm³/mol. The molecule has 5 heteroatoms. The molecule has 0 amide bonds. The van der Waals surface area contributed by atoms with Crippen LogP contribution in [0.1, 0.15) is 30.0 Å². The highest BCUT2D eigenvalue weighted by Crippen LogP contribution is 2.31. The van der Waals surface area contributed by atoms with Crippen LogP contribution in [0.3, 0.4) is 0 Å². The van der Waals surface area contributed by atoms with Crippen molar-refractivity contribution in [2.75, 3.05) is 6.54 Å². The lowest BCUT2D eigenvalue weighted by Crippen LogP contribution is -2.21. The Morgan fingerprint density at radius 1 is 1.50 bits per heavy atom. The van der Waals surface area contributed by atoms with E-state index in [-0.39, 0.29) is 0 Å². The summed E-state index contributed by atoms with van der Waals surface area (Å²) in [6.07, 6.45) is 3.88. The molecule has 2 rings (SSSR count). The first-order valence-electron chi connectivity index (χ1n) is 6.15. The Morgan fingerprint density at radius 3 is 2.89 bits per heavy atom. The van der Waals surface area contributed by atoms with Gasteiger partial charge in [0.05, 0.1) is 5.02 Å². The molecule has 1 atom stereocenters. The summed E-state index contributed by atoms with van der Waals surface area (Å²) in [5.41, 5.74) is 1.26. The highest BCUT2D eigenvalue weighted by Gasteiger charge is 2.15. The van der Waals surface area contributed by atoms with Gasteiger partial charge in [-0.15, -0.1) is 11.3 Å². The van der Waals surface area contributed by atoms with Gasteiger partial charge in [0, 0.05) is 29.9 Å². The van der Waals surface area contributed by atoms with E-state index in [0.717, 1.165) is 24.4 Å². The average Bonchev–Trinajstić information content (AvgIpc) is 2.94. The van der Waals surface area contributed by atoms with Crippen LogP contribution in [0.4, 0.5) is 0 Å². The van der Waals surface area contributed by atoms with Gasteiger partial charge in [0.15, 0.2) is 0 Å². The zero-order valence-electron chi connectivity index (χ0n) is 10.7. The minimum absolute atomic E-state index is 0.331. The van der Waals surface area contributed by atoms with Crippen molar-refractivity contribution in [3.05, 3.63) is 39.3 Å². The fourth-order valence-corrected chi connectivity index (χ4v) is 3.36. The smallest absolute Gasteiger partial charge is 0.0561 e. The van der Waals surface area contributed by atoms with E-state index in [1.165, 1.54) is 10.6 Å². The number of rotatable bonds is 6. The van der Waals surface area contributed by atoms with E-state index in [4.69, 9.17) is 11.6 Å². The maximum Gasteiger partial charge on any atom is 0.0561 e. The van der Waals surface area contributed by atoms with Gasteiger partial charge in [-0.25, -0.2) is 0 Å². The predicted octanol–water partition coefficient (Wildman–Crippen LogP) is 3.42. The summed E-state index contributed by atoms with van der Waals surface area (Å²) in [7, 11) is 1.98. The number of halogens is 1. The van der Waals surface area contributed by atoms with Crippen molar-refractivity contribution < 1.29 is 0 Å². The molecule has 18 heavy (non-hydrogen) atoms. The maximum absolute atomic E-state index is 6.22. The molecule has 0 spiro atoms. The summed E-state index contributed by atoms with van der Waals surface area (Å²) in [6, 6.07) is 4.37. The fourth-order valence-electron chi connectivity index (χ4n) is 2.07. The maximum atomic E-state index is 6.22. The first-order valence-corrected chi connectivity index (χ1v) is 7.41. The van der Waals surface area contributed by atoms with E-state index in [1.54, 1.807) is 11.3 Å². The minimum Gasteiger partial charge on any atom is -0.309 e. The van der Waals surface area contributed by atoms with E-state index >= 15 is 0 Å². The fraction of sp³-hybridized carbons (Fsp3) is 0.462. The van der Waals surface area contributed by atoms with Gasteiger partial charge >= 0.3 is 0 Å². The first kappa shape index (κ1) is 13.6. The molecule has 1 unspecified atom stereocenters. The van der Waals surface area contributed by atoms with Gasteiger partial charge in [-0.2, -0.15) is 5.10 Å². The van der Waals surface area contributed by atoms with E-state index in [0.29, 0.717) is 6.04 Å². The van der Waals surface area contributed by atoms with Crippen molar-refractivity contribution >= 4 is 22.9 Å². The Bertz CT molecular complexity index is 492. The van der Waals surface area contributed by atoms with Crippen molar-refractivity contribution in [3.63, 3.8) is 0 Å². The summed E-state index contributed by atoms with van der Waals surface area (Å²) in [6.45, 7) is 3.07. The number of thiophene rings is 1. The molecule has 0 aliphatic rings. The highest BCUT2D eigenvalue weighted by atomic mass is 35.5. The van der Waals surface area contributed by atoms with Crippen molar-refractivity contribution in [2.45, 2.75) is 25.8 Å². The minimum atomic E-state index is 0.331. The third kappa shape index (κ3) is 3.13. The lowest BCUT2D eigenvalue weighted by Gasteiger charge is -2.17. The summed E-state index contributed by atoms with van der Waals surface area (Å²) >= 11 is 7.94. The lowest BCUT2D eigenvalue weighted by atomic mass is 10.1. The first-order chi connectivity index (χ1) is 8.72. The quantitative estimate of drug-likeness (QED) is 0.880. The second-order valence-corrected chi connectivity index (χ2v) is 5.58. The van der Waals surface area contributed by atoms with Crippen LogP contribution in [0, 0.1) is 0 Å². The largest absolute Gasteiger partial charge is 0.309 e. The van der Waals surface area contributed by atoms with Gasteiger partial charge in [-0.05, 0) is 36.9 Å². The molecule has 0 radical (unpaired) electrons. The molecule has 3 nitrogen and oxygen atoms in total. The Morgan fingerprint density at radius 2 is 2.33 bits per heavy atom. The molecular formula is C13H18ClN3S. The topological polar surface area (TPSA) is 29.9 Å². The van der Waals surface area contributed by atoms with Crippen molar-refractivity contribution in [1.29, 1.82) is 0 Å². The van der Waals surface area contributed by atoms with Crippen LogP contribution in [-0.4, -0.2) is 16.3 Å². The normalized spacial score (nSPS) is 12.8. The zero-order valence-corrected chi connectivity index (χ0v) is 12.3. The number of hydrogen-bond donors (Lipinski definition) is 1. The molecule has 0 aliphatic heterocycles. The van der Waals surface area contributed by atoms with Crippen LogP contribution >= 0.6 is 22.9 Å². The summed E-state index contributed by atoms with van der Waals surface area (Å²) in [5.74, 6) is 0. The summed E-state index contributed by atoms with van der Waals surface area (Å²) in [4.78, 5) is 1.24. The molecule has 0 saturated carbocycles. The standard InChI is InChI=1S/C13H18ClN3S/c1-3-15-12(13-11(14)7-9-18-13)5-4-10-6-8-16-17(10)2/h6-9,12,15H,3-5H2,1-2H3. The molecule has 1 N–H and O–H groups in total. The summed E-state index contributed by atoms with van der Waals surface area (Å²) in [5, 5.41) is 10.6. The van der Waals surface area contributed by atoms with Crippen LogP contribution in [-0.2, 0) is 13.5 Å². The monoisotopic (exact) mass is 283 g/mol. The average molecular weight is 284 g/mol. The molecule has 98 valence electrons. The van der Waals surface area contributed by atoms with Crippen molar-refractivity contribution in [3.8, 4) is 0 Å². The number of aryl methyl sites for hydroxylation is 2. The molecule has 0 aromatic carbocycles. The Hall–Kier alpha value is -0.840. The van der Waals surface area contributed by atoms with Crippen LogP contribution < -0.4 is 5.32 Å². The van der Waals surface area contributed by atoms with Gasteiger partial charge in [0.1, 0.15) is 0 Å². The van der Waals surface area contributed by atoms with Crippen LogP contribution in [0.5, 0.6) is 0 Å². The third-order valence-electron chi connectivity index (χ3n) is 3.02. The van der Waals surface area contributed by atoms with Gasteiger partial charge in [0.25, 0.3) is 0 Å². The van der Waals surface area contributed by atoms with Crippen LogP contribution in [0.25, 0.3) is 0 Å². The zero-order chi connectivity index (χ0) is 13.0. The number of nitrogens with one attached hydrogen (secondary N) is 1. The van der Waals surface area contributed by atoms with Crippen molar-refractivity contribution in [1.82, 2.24) is 15.1 Å². The molecule has 0 fully saturated rings. The van der Waals surface area contributed by atoms with E-state index < -0.39 is 0 Å². The van der Waals surface area contributed by atoms with Gasteiger partial charge in [-0.1, -0.05) is 18.5 Å². The molecular weight excluding hydrogens is 266 g/mol. The van der Waals surface area contributed by atoms with Crippen LogP contribution in [0.15, 0.2) is 23.7 Å². The van der Waals surface area contributed by atoms with Gasteiger partial charge in [0.2, 0.25) is 0 Å². The Balaban J connectivity index is 2.03. The van der Waals surface area contributed by atoms with Crippen LogP contribution in [0.2, 0.25) is 5.02 Å². The van der Waals surface area contributed by atoms with Crippen molar-refractivity contribution in [2.24, 2.45) is 7.05 Å². The third-order valence-corrected chi connectivity index (χ3v) is 4.50. The molecule has 2 heterocycles.